The minimum absolute atomic E-state index is 0.243. The van der Waals surface area contributed by atoms with Crippen LogP contribution in [0.5, 0.6) is 5.75 Å². The second-order valence-electron chi connectivity index (χ2n) is 3.90. The van der Waals surface area contributed by atoms with E-state index in [-0.39, 0.29) is 5.82 Å². The number of fused-ring (bicyclic) bond motifs is 1. The molecule has 1 aliphatic rings. The summed E-state index contributed by atoms with van der Waals surface area (Å²) in [6.07, 6.45) is 4.24. The lowest BCUT2D eigenvalue weighted by Crippen LogP contribution is -1.90. The Bertz CT molecular complexity index is 525. The minimum Gasteiger partial charge on any atom is -0.490 e. The highest BCUT2D eigenvalue weighted by molar-refractivity contribution is 5.27. The highest BCUT2D eigenvalue weighted by Crippen LogP contribution is 2.20. The van der Waals surface area contributed by atoms with Crippen LogP contribution in [0.2, 0.25) is 0 Å². The zero-order valence-corrected chi connectivity index (χ0v) is 10.4. The van der Waals surface area contributed by atoms with E-state index in [0.29, 0.717) is 5.69 Å². The summed E-state index contributed by atoms with van der Waals surface area (Å²) in [4.78, 5) is 11.9. The molecular formula is C13H14FN3O. The maximum Gasteiger partial charge on any atom is 0.159 e. The fourth-order valence-corrected chi connectivity index (χ4v) is 1.53. The van der Waals surface area contributed by atoms with Gasteiger partial charge in [0.2, 0.25) is 0 Å². The van der Waals surface area contributed by atoms with Crippen molar-refractivity contribution in [1.29, 1.82) is 0 Å². The quantitative estimate of drug-likeness (QED) is 0.716. The van der Waals surface area contributed by atoms with Crippen LogP contribution in [-0.4, -0.2) is 21.6 Å². The van der Waals surface area contributed by atoms with E-state index in [9.17, 15) is 4.39 Å². The smallest absolute Gasteiger partial charge is 0.159 e. The van der Waals surface area contributed by atoms with Crippen LogP contribution in [0.3, 0.4) is 0 Å². The van der Waals surface area contributed by atoms with Crippen LogP contribution in [-0.2, 0) is 6.42 Å². The molecule has 2 aromatic rings. The maximum absolute atomic E-state index is 12.3. The zero-order valence-electron chi connectivity index (χ0n) is 10.4. The van der Waals surface area contributed by atoms with Crippen molar-refractivity contribution in [2.75, 3.05) is 6.61 Å². The van der Waals surface area contributed by atoms with E-state index in [1.54, 1.807) is 25.4 Å². The van der Waals surface area contributed by atoms with Crippen molar-refractivity contribution >= 4 is 0 Å². The normalized spacial score (nSPS) is 12.2. The second kappa shape index (κ2) is 5.53. The summed E-state index contributed by atoms with van der Waals surface area (Å²) in [5.41, 5.74) is 1.50. The number of hydrogen-bond donors (Lipinski definition) is 0. The van der Waals surface area contributed by atoms with Crippen molar-refractivity contribution in [1.82, 2.24) is 15.0 Å². The molecule has 3 heterocycles. The molecule has 0 N–H and O–H groups in total. The second-order valence-corrected chi connectivity index (χ2v) is 3.90. The highest BCUT2D eigenvalue weighted by atomic mass is 19.1. The molecular weight excluding hydrogens is 233 g/mol. The molecule has 0 saturated carbocycles. The van der Waals surface area contributed by atoms with Gasteiger partial charge in [-0.3, -0.25) is 4.98 Å². The van der Waals surface area contributed by atoms with Gasteiger partial charge in [0.25, 0.3) is 0 Å². The van der Waals surface area contributed by atoms with Crippen molar-refractivity contribution in [2.45, 2.75) is 20.3 Å². The average molecular weight is 247 g/mol. The molecule has 0 unspecified atom stereocenters. The van der Waals surface area contributed by atoms with Crippen LogP contribution in [0.4, 0.5) is 4.39 Å². The summed E-state index contributed by atoms with van der Waals surface area (Å²) >= 11 is 0. The number of nitrogens with zero attached hydrogens (tertiary/aromatic N) is 3. The van der Waals surface area contributed by atoms with E-state index < -0.39 is 0 Å². The molecule has 0 saturated heterocycles. The Hall–Kier alpha value is -2.04. The predicted octanol–water partition coefficient (Wildman–Crippen LogP) is 2.25. The van der Waals surface area contributed by atoms with Gasteiger partial charge in [0, 0.05) is 12.6 Å². The Morgan fingerprint density at radius 2 is 2.11 bits per heavy atom. The van der Waals surface area contributed by atoms with Gasteiger partial charge < -0.3 is 4.74 Å². The Morgan fingerprint density at radius 3 is 2.78 bits per heavy atom. The fraction of sp³-hybridized carbons (Fsp3) is 0.308. The van der Waals surface area contributed by atoms with Gasteiger partial charge in [-0.1, -0.05) is 0 Å². The van der Waals surface area contributed by atoms with Crippen molar-refractivity contribution in [3.8, 4) is 5.75 Å². The first-order valence-corrected chi connectivity index (χ1v) is 5.69. The number of halogens is 1. The summed E-state index contributed by atoms with van der Waals surface area (Å²) in [6, 6.07) is 2.96. The molecule has 0 aromatic carbocycles. The van der Waals surface area contributed by atoms with Gasteiger partial charge in [0.05, 0.1) is 24.2 Å². The number of pyridine rings is 1. The fourth-order valence-electron chi connectivity index (χ4n) is 1.53. The van der Waals surface area contributed by atoms with Crippen LogP contribution in [0.1, 0.15) is 17.2 Å². The molecule has 0 bridgehead atoms. The maximum atomic E-state index is 12.3. The van der Waals surface area contributed by atoms with E-state index in [0.717, 1.165) is 30.3 Å². The van der Waals surface area contributed by atoms with Crippen LogP contribution < -0.4 is 4.74 Å². The first kappa shape index (κ1) is 12.4. The molecule has 0 radical (unpaired) electrons. The summed E-state index contributed by atoms with van der Waals surface area (Å²) in [5.74, 6) is 1.43. The molecule has 94 valence electrons. The van der Waals surface area contributed by atoms with Gasteiger partial charge in [-0.15, -0.1) is 0 Å². The molecule has 1 aliphatic heterocycles. The Kier molecular flexibility index (Phi) is 3.82. The molecule has 4 nitrogen and oxygen atoms in total. The molecule has 3 rings (SSSR count). The van der Waals surface area contributed by atoms with Crippen molar-refractivity contribution in [3.05, 3.63) is 47.6 Å². The molecule has 18 heavy (non-hydrogen) atoms. The monoisotopic (exact) mass is 247 g/mol. The first-order chi connectivity index (χ1) is 8.66. The molecule has 0 atom stereocenters. The number of ether oxygens (including phenoxy) is 1. The number of rotatable bonds is 0. The van der Waals surface area contributed by atoms with Gasteiger partial charge >= 0.3 is 0 Å². The summed E-state index contributed by atoms with van der Waals surface area (Å²) < 4.78 is 17.5. The summed E-state index contributed by atoms with van der Waals surface area (Å²) in [5, 5.41) is 0. The van der Waals surface area contributed by atoms with E-state index in [1.807, 2.05) is 6.92 Å². The Morgan fingerprint density at radius 1 is 1.28 bits per heavy atom. The van der Waals surface area contributed by atoms with E-state index in [2.05, 4.69) is 15.0 Å². The Balaban J connectivity index is 0.000000138. The molecule has 0 fully saturated rings. The number of hydrogen-bond acceptors (Lipinski definition) is 4. The third-order valence-corrected chi connectivity index (χ3v) is 2.49. The van der Waals surface area contributed by atoms with Gasteiger partial charge in [-0.2, -0.15) is 0 Å². The van der Waals surface area contributed by atoms with Crippen LogP contribution in [0, 0.1) is 19.7 Å². The largest absolute Gasteiger partial charge is 0.490 e. The lowest BCUT2D eigenvalue weighted by molar-refractivity contribution is 0.355. The first-order valence-electron chi connectivity index (χ1n) is 5.69. The lowest BCUT2D eigenvalue weighted by atomic mass is 10.3. The highest BCUT2D eigenvalue weighted by Gasteiger charge is 2.12. The van der Waals surface area contributed by atoms with E-state index >= 15 is 0 Å². The van der Waals surface area contributed by atoms with Gasteiger partial charge in [0.15, 0.2) is 5.75 Å². The lowest BCUT2D eigenvalue weighted by Gasteiger charge is -1.95. The molecule has 0 spiro atoms. The van der Waals surface area contributed by atoms with Crippen molar-refractivity contribution < 1.29 is 9.13 Å². The van der Waals surface area contributed by atoms with Crippen LogP contribution >= 0.6 is 0 Å². The number of aromatic nitrogens is 3. The minimum atomic E-state index is -0.243. The predicted molar refractivity (Wildman–Crippen MR) is 64.9 cm³/mol. The van der Waals surface area contributed by atoms with Crippen molar-refractivity contribution in [2.24, 2.45) is 0 Å². The third kappa shape index (κ3) is 3.00. The number of aryl methyl sites for hydroxylation is 2. The Labute approximate surface area is 105 Å². The SMILES string of the molecule is Cc1ncc2c(n1)CCO2.Cc1ncccc1F. The van der Waals surface area contributed by atoms with Crippen molar-refractivity contribution in [3.63, 3.8) is 0 Å². The van der Waals surface area contributed by atoms with Gasteiger partial charge in [-0.05, 0) is 26.0 Å². The summed E-state index contributed by atoms with van der Waals surface area (Å²) in [7, 11) is 0. The average Bonchev–Trinajstić information content (AvgIpc) is 2.81. The molecule has 0 aliphatic carbocycles. The molecule has 0 amide bonds. The topological polar surface area (TPSA) is 47.9 Å². The molecule has 2 aromatic heterocycles. The van der Waals surface area contributed by atoms with E-state index in [1.165, 1.54) is 6.07 Å². The standard InChI is InChI=1S/C7H8N2O.C6H6FN/c1-5-8-4-7-6(9-5)2-3-10-7;1-5-6(7)3-2-4-8-5/h4H,2-3H2,1H3;2-4H,1H3. The summed E-state index contributed by atoms with van der Waals surface area (Å²) in [6.45, 7) is 4.28. The molecule has 5 heteroatoms. The zero-order chi connectivity index (χ0) is 13.0. The van der Waals surface area contributed by atoms with E-state index in [4.69, 9.17) is 4.74 Å². The third-order valence-electron chi connectivity index (χ3n) is 2.49. The van der Waals surface area contributed by atoms with Crippen LogP contribution in [0.25, 0.3) is 0 Å². The van der Waals surface area contributed by atoms with Gasteiger partial charge in [0.1, 0.15) is 11.6 Å². The van der Waals surface area contributed by atoms with Gasteiger partial charge in [-0.25, -0.2) is 14.4 Å². The van der Waals surface area contributed by atoms with Crippen LogP contribution in [0.15, 0.2) is 24.5 Å².